The van der Waals surface area contributed by atoms with E-state index in [1.807, 2.05) is 40.7 Å². The Morgan fingerprint density at radius 3 is 2.33 bits per heavy atom. The van der Waals surface area contributed by atoms with Crippen LogP contribution in [-0.2, 0) is 44.7 Å². The van der Waals surface area contributed by atoms with Crippen molar-refractivity contribution in [3.8, 4) is 5.75 Å². The minimum atomic E-state index is -1.46. The first-order valence-electron chi connectivity index (χ1n) is 28.9. The van der Waals surface area contributed by atoms with E-state index in [0.717, 1.165) is 0 Å². The number of esters is 1. The number of aromatic hydroxyl groups is 1. The number of hydrogen-bond acceptors (Lipinski definition) is 15. The van der Waals surface area contributed by atoms with Gasteiger partial charge in [-0.25, -0.2) is 5.43 Å². The summed E-state index contributed by atoms with van der Waals surface area (Å²) < 4.78 is 12.9. The van der Waals surface area contributed by atoms with Crippen molar-refractivity contribution in [2.24, 2.45) is 53.3 Å². The molecule has 0 saturated carbocycles. The quantitative estimate of drug-likeness (QED) is 0.0808. The van der Waals surface area contributed by atoms with Crippen molar-refractivity contribution < 1.29 is 68.9 Å². The molecule has 3 saturated heterocycles. The molecule has 19 nitrogen and oxygen atoms in total. The molecule has 1 spiro atoms. The van der Waals surface area contributed by atoms with Crippen molar-refractivity contribution in [1.29, 1.82) is 0 Å². The maximum atomic E-state index is 14.5. The van der Waals surface area contributed by atoms with Crippen LogP contribution in [0.4, 0.5) is 0 Å². The topological polar surface area (TPSA) is 294 Å². The monoisotopic (exact) mass is 1110 g/mol. The van der Waals surface area contributed by atoms with Crippen LogP contribution in [0.3, 0.4) is 0 Å². The summed E-state index contributed by atoms with van der Waals surface area (Å²) in [7, 11) is 0. The molecule has 4 aliphatic rings. The molecule has 0 aliphatic carbocycles. The van der Waals surface area contributed by atoms with Gasteiger partial charge >= 0.3 is 5.97 Å². The van der Waals surface area contributed by atoms with Gasteiger partial charge in [0.1, 0.15) is 41.5 Å². The van der Waals surface area contributed by atoms with Crippen LogP contribution in [0, 0.1) is 53.3 Å². The van der Waals surface area contributed by atoms with E-state index < -0.39 is 114 Å². The molecule has 10 N–H and O–H groups in total. The summed E-state index contributed by atoms with van der Waals surface area (Å²) >= 11 is 0. The highest BCUT2D eigenvalue weighted by Crippen LogP contribution is 2.46. The molecular formula is C60H93N5O14. The lowest BCUT2D eigenvalue weighted by Crippen LogP contribution is -2.71. The van der Waals surface area contributed by atoms with Gasteiger partial charge < -0.3 is 60.9 Å². The zero-order valence-electron chi connectivity index (χ0n) is 48.1. The second kappa shape index (κ2) is 29.6. The van der Waals surface area contributed by atoms with E-state index in [-0.39, 0.29) is 85.7 Å². The maximum Gasteiger partial charge on any atom is 0.325 e. The highest BCUT2D eigenvalue weighted by atomic mass is 16.5. The van der Waals surface area contributed by atoms with Crippen LogP contribution in [0.5, 0.6) is 5.75 Å². The molecular weight excluding hydrogens is 1010 g/mol. The Hall–Kier alpha value is -5.02. The molecule has 1 aromatic carbocycles. The number of hydrogen-bond donors (Lipinski definition) is 10. The number of Topliss-reactive ketones (excluding diaryl/α,β-unsaturated/α-hetero) is 1. The number of benzene rings is 1. The fourth-order valence-electron chi connectivity index (χ4n) is 11.6. The van der Waals surface area contributed by atoms with Gasteiger partial charge in [-0.3, -0.25) is 29.0 Å². The number of aliphatic hydroxyl groups is 5. The van der Waals surface area contributed by atoms with Gasteiger partial charge in [0, 0.05) is 67.7 Å². The van der Waals surface area contributed by atoms with E-state index >= 15 is 0 Å². The lowest BCUT2D eigenvalue weighted by Gasteiger charge is -2.56. The number of rotatable bonds is 16. The van der Waals surface area contributed by atoms with Gasteiger partial charge in [0.05, 0.1) is 42.5 Å². The van der Waals surface area contributed by atoms with Gasteiger partial charge in [-0.2, -0.15) is 0 Å². The number of allylic oxidation sites excluding steroid dienone is 3. The average Bonchev–Trinajstić information content (AvgIpc) is 3.56. The number of phenols is 1. The van der Waals surface area contributed by atoms with Crippen LogP contribution in [0.1, 0.15) is 139 Å². The van der Waals surface area contributed by atoms with Crippen LogP contribution in [-0.4, -0.2) is 144 Å². The van der Waals surface area contributed by atoms with Gasteiger partial charge in [-0.05, 0) is 81.4 Å². The Balaban J connectivity index is 1.34. The molecule has 79 heavy (non-hydrogen) atoms. The zero-order valence-corrected chi connectivity index (χ0v) is 48.1. The first-order chi connectivity index (χ1) is 37.3. The number of aliphatic hydroxyl groups excluding tert-OH is 5. The number of carbonyl (C=O) groups excluding carboxylic acids is 6. The summed E-state index contributed by atoms with van der Waals surface area (Å²) in [5.74, 6) is -7.39. The Morgan fingerprint density at radius 1 is 0.937 bits per heavy atom. The second-order valence-corrected chi connectivity index (χ2v) is 23.6. The average molecular weight is 1110 g/mol. The summed E-state index contributed by atoms with van der Waals surface area (Å²) in [6, 6.07) is 2.74. The van der Waals surface area contributed by atoms with E-state index in [2.05, 4.69) is 21.4 Å². The summed E-state index contributed by atoms with van der Waals surface area (Å²) in [5.41, 5.74) is 2.48. The summed E-state index contributed by atoms with van der Waals surface area (Å²) in [5, 5.41) is 77.6. The number of amides is 4. The molecule has 2 bridgehead atoms. The lowest BCUT2D eigenvalue weighted by atomic mass is 9.69. The van der Waals surface area contributed by atoms with Gasteiger partial charge in [-0.15, -0.1) is 0 Å². The molecule has 19 heteroatoms. The van der Waals surface area contributed by atoms with Gasteiger partial charge in [0.2, 0.25) is 17.7 Å². The van der Waals surface area contributed by atoms with Crippen molar-refractivity contribution in [3.63, 3.8) is 0 Å². The number of nitrogens with one attached hydrogen (secondary N) is 4. The maximum absolute atomic E-state index is 14.5. The van der Waals surface area contributed by atoms with E-state index in [1.54, 1.807) is 64.1 Å². The van der Waals surface area contributed by atoms with Crippen molar-refractivity contribution in [1.82, 2.24) is 26.4 Å². The fraction of sp³-hybridized carbons (Fsp3) is 0.700. The highest BCUT2D eigenvalue weighted by Gasteiger charge is 2.57. The van der Waals surface area contributed by atoms with Gasteiger partial charge in [0.25, 0.3) is 5.91 Å². The fourth-order valence-corrected chi connectivity index (χ4v) is 11.6. The molecule has 3 fully saturated rings. The molecule has 0 aromatic heterocycles. The van der Waals surface area contributed by atoms with E-state index in [4.69, 9.17) is 9.47 Å². The Kier molecular flexibility index (Phi) is 24.3. The molecule has 1 aromatic rings. The van der Waals surface area contributed by atoms with Gasteiger partial charge in [-0.1, -0.05) is 111 Å². The lowest BCUT2D eigenvalue weighted by molar-refractivity contribution is -0.267. The minimum absolute atomic E-state index is 0.0464. The van der Waals surface area contributed by atoms with E-state index in [0.29, 0.717) is 44.1 Å². The van der Waals surface area contributed by atoms with Crippen LogP contribution in [0.2, 0.25) is 0 Å². The number of nitrogens with zero attached hydrogens (tertiary/aromatic N) is 1. The van der Waals surface area contributed by atoms with E-state index in [9.17, 15) is 59.4 Å². The predicted molar refractivity (Wildman–Crippen MR) is 297 cm³/mol. The number of ketones is 1. The second-order valence-electron chi connectivity index (χ2n) is 23.6. The first kappa shape index (κ1) is 64.8. The summed E-state index contributed by atoms with van der Waals surface area (Å²) in [6.45, 7) is 18.0. The van der Waals surface area contributed by atoms with Crippen molar-refractivity contribution >= 4 is 35.4 Å². The van der Waals surface area contributed by atoms with Crippen molar-refractivity contribution in [2.45, 2.75) is 206 Å². The smallest absolute Gasteiger partial charge is 0.325 e. The molecule has 5 rings (SSSR count). The minimum Gasteiger partial charge on any atom is -0.508 e. The van der Waals surface area contributed by atoms with Gasteiger partial charge in [0.15, 0.2) is 0 Å². The number of ether oxygens (including phenoxy) is 2. The molecule has 3 unspecified atom stereocenters. The van der Waals surface area contributed by atoms with Crippen LogP contribution < -0.4 is 21.4 Å². The number of phenolic OH excluding ortho intramolecular Hbond substituents is 1. The number of hydrazine groups is 1. The summed E-state index contributed by atoms with van der Waals surface area (Å²) in [6.07, 6.45) is 6.26. The third-order valence-corrected chi connectivity index (χ3v) is 17.4. The van der Waals surface area contributed by atoms with Crippen molar-refractivity contribution in [2.75, 3.05) is 6.54 Å². The number of carbonyl (C=O) groups is 6. The SMILES string of the molecule is CC[C@H]1C[C@H](C)[C@@]2(NC1=O)O[C@@H](C[C@H](O)[C@@H](C)CC/C=C/C(O)C(C)[C@@H]1C/C=C/C=C/[C@H](O)[C@H](C)[C@@H](O)[C@@H](CCC(C)=O)C(=O)N[C@@H](C(C)C)C(=O)N[C@@H](Cc3cccc(O)c3)C(=O)N3CCCC(N3)C(=O)O1)[C@H](C)[C@H](O)[C@@H]2C. The Bertz CT molecular complexity index is 2310. The largest absolute Gasteiger partial charge is 0.508 e. The molecule has 442 valence electrons. The number of piperidine rings is 1. The summed E-state index contributed by atoms with van der Waals surface area (Å²) in [4.78, 5) is 82.3. The number of fused-ring (bicyclic) bond motifs is 2. The first-order valence-corrected chi connectivity index (χ1v) is 28.9. The molecule has 0 radical (unpaired) electrons. The van der Waals surface area contributed by atoms with Crippen LogP contribution in [0.25, 0.3) is 0 Å². The zero-order chi connectivity index (χ0) is 58.5. The molecule has 4 aliphatic heterocycles. The van der Waals surface area contributed by atoms with E-state index in [1.165, 1.54) is 30.1 Å². The molecule has 19 atom stereocenters. The standard InChI is InChI=1S/C60H93N5O14/c1-11-42-29-35(5)60(63-55(42)73)40(10)53(71)39(9)51(79-60)32-49(70)34(4)19-15-16-24-47(68)37(7)50-25-14-12-13-23-48(69)38(8)54(72)44(27-26-36(6)66)56(74)62-52(33(2)3)57(75)61-46(31-41-20-17-21-43(67)30-41)58(76)65-28-18-22-45(64-65)59(77)78-50/h12-14,16-17,20-21,23-24,30,33-35,37-40,42,44-54,64,67-72H,11,15,18-19,22,25-29,31-32H2,1-10H3,(H,61,75)(H,62,74)(H,63,73)/b14-12+,23-13+,24-16+/t34-,35-,37?,38-,39-,40-,42-,44+,45?,46-,47?,48-,49-,50-,51-,52-,53-,54+,60+/m0/s1. The highest BCUT2D eigenvalue weighted by molar-refractivity contribution is 5.93. The number of cyclic esters (lactones) is 1. The normalized spacial score (nSPS) is 35.2. The molecule has 4 amide bonds. The third kappa shape index (κ3) is 17.0. The predicted octanol–water partition coefficient (Wildman–Crippen LogP) is 4.46. The Labute approximate surface area is 467 Å². The van der Waals surface area contributed by atoms with Crippen molar-refractivity contribution in [3.05, 3.63) is 66.3 Å². The third-order valence-electron chi connectivity index (χ3n) is 17.4. The van der Waals surface area contributed by atoms with Crippen LogP contribution in [0.15, 0.2) is 60.7 Å². The van der Waals surface area contributed by atoms with Crippen LogP contribution >= 0.6 is 0 Å². The molecule has 4 heterocycles. The Morgan fingerprint density at radius 2 is 1.66 bits per heavy atom.